The van der Waals surface area contributed by atoms with Crippen molar-refractivity contribution in [3.63, 3.8) is 0 Å². The van der Waals surface area contributed by atoms with Gasteiger partial charge in [-0.3, -0.25) is 0 Å². The number of hydrogen-bond donors (Lipinski definition) is 1. The number of hydrogen-bond acceptors (Lipinski definition) is 2. The van der Waals surface area contributed by atoms with E-state index in [4.69, 9.17) is 5.11 Å². The number of nitrogens with zero attached hydrogens (tertiary/aromatic N) is 1. The van der Waals surface area contributed by atoms with Gasteiger partial charge in [0.05, 0.1) is 0 Å². The Morgan fingerprint density at radius 3 is 2.58 bits per heavy atom. The summed E-state index contributed by atoms with van der Waals surface area (Å²) in [5.41, 5.74) is 1.15. The summed E-state index contributed by atoms with van der Waals surface area (Å²) >= 11 is 0. The quantitative estimate of drug-likeness (QED) is 0.768. The standard InChI is InChI=1S/C8H9NO2.ClH/c1-2-6-3-4-7(8(10)11)9-5-6;/h3-5H,2H2,1H3,(H,10,11);1H. The summed E-state index contributed by atoms with van der Waals surface area (Å²) in [6, 6.07) is 3.29. The van der Waals surface area contributed by atoms with E-state index in [-0.39, 0.29) is 18.1 Å². The van der Waals surface area contributed by atoms with Gasteiger partial charge in [0.1, 0.15) is 5.69 Å². The van der Waals surface area contributed by atoms with E-state index >= 15 is 0 Å². The van der Waals surface area contributed by atoms with Crippen LogP contribution in [0.2, 0.25) is 0 Å². The second-order valence-corrected chi connectivity index (χ2v) is 2.21. The number of halogens is 1. The highest BCUT2D eigenvalue weighted by Crippen LogP contribution is 2.00. The lowest BCUT2D eigenvalue weighted by Crippen LogP contribution is -1.99. The lowest BCUT2D eigenvalue weighted by molar-refractivity contribution is 0.0690. The molecule has 0 unspecified atom stereocenters. The molecule has 0 aliphatic carbocycles. The minimum atomic E-state index is -0.979. The number of carboxylic acids is 1. The molecule has 12 heavy (non-hydrogen) atoms. The van der Waals surface area contributed by atoms with Crippen molar-refractivity contribution in [1.82, 2.24) is 4.98 Å². The van der Waals surface area contributed by atoms with Crippen LogP contribution in [0.15, 0.2) is 18.3 Å². The fourth-order valence-corrected chi connectivity index (χ4v) is 0.760. The van der Waals surface area contributed by atoms with E-state index in [9.17, 15) is 4.79 Å². The first-order valence-corrected chi connectivity index (χ1v) is 3.42. The number of pyridine rings is 1. The van der Waals surface area contributed by atoms with Crippen molar-refractivity contribution in [2.75, 3.05) is 0 Å². The molecule has 0 fully saturated rings. The van der Waals surface area contributed by atoms with Crippen molar-refractivity contribution in [3.05, 3.63) is 29.6 Å². The van der Waals surface area contributed by atoms with Crippen molar-refractivity contribution in [2.24, 2.45) is 0 Å². The first-order valence-electron chi connectivity index (χ1n) is 3.42. The first kappa shape index (κ1) is 10.9. The molecule has 1 N–H and O–H groups in total. The van der Waals surface area contributed by atoms with Gasteiger partial charge in [-0.25, -0.2) is 9.78 Å². The number of carboxylic acid groups (broad SMARTS) is 1. The summed E-state index contributed by atoms with van der Waals surface area (Å²) in [5, 5.41) is 8.49. The van der Waals surface area contributed by atoms with Crippen LogP contribution in [0.4, 0.5) is 0 Å². The lowest BCUT2D eigenvalue weighted by Gasteiger charge is -1.95. The maximum Gasteiger partial charge on any atom is 0.354 e. The van der Waals surface area contributed by atoms with Gasteiger partial charge in [-0.1, -0.05) is 13.0 Å². The van der Waals surface area contributed by atoms with Crippen molar-refractivity contribution in [1.29, 1.82) is 0 Å². The summed E-state index contributed by atoms with van der Waals surface area (Å²) < 4.78 is 0. The molecule has 1 rings (SSSR count). The van der Waals surface area contributed by atoms with Crippen LogP contribution in [-0.4, -0.2) is 16.1 Å². The van der Waals surface area contributed by atoms with E-state index in [1.165, 1.54) is 6.07 Å². The van der Waals surface area contributed by atoms with Gasteiger partial charge in [0.2, 0.25) is 0 Å². The third-order valence-electron chi connectivity index (χ3n) is 1.45. The molecule has 0 spiro atoms. The highest BCUT2D eigenvalue weighted by atomic mass is 35.5. The number of aromatic nitrogens is 1. The van der Waals surface area contributed by atoms with Crippen LogP contribution in [0.25, 0.3) is 0 Å². The normalized spacial score (nSPS) is 8.75. The maximum absolute atomic E-state index is 10.3. The van der Waals surface area contributed by atoms with Gasteiger partial charge in [0.15, 0.2) is 0 Å². The van der Waals surface area contributed by atoms with Crippen LogP contribution in [0, 0.1) is 0 Å². The Hall–Kier alpha value is -1.09. The molecule has 1 aromatic rings. The Morgan fingerprint density at radius 2 is 2.25 bits per heavy atom. The topological polar surface area (TPSA) is 50.2 Å². The number of aryl methyl sites for hydroxylation is 1. The Kier molecular flexibility index (Phi) is 4.29. The van der Waals surface area contributed by atoms with Crippen LogP contribution >= 0.6 is 12.4 Å². The van der Waals surface area contributed by atoms with E-state index in [0.717, 1.165) is 12.0 Å². The van der Waals surface area contributed by atoms with Gasteiger partial charge in [-0.15, -0.1) is 12.4 Å². The molecule has 1 heterocycles. The van der Waals surface area contributed by atoms with Crippen molar-refractivity contribution >= 4 is 18.4 Å². The maximum atomic E-state index is 10.3. The van der Waals surface area contributed by atoms with Crippen LogP contribution in [0.1, 0.15) is 23.0 Å². The average molecular weight is 188 g/mol. The Bertz CT molecular complexity index is 258. The minimum Gasteiger partial charge on any atom is -0.477 e. The van der Waals surface area contributed by atoms with Crippen LogP contribution in [0.3, 0.4) is 0 Å². The zero-order chi connectivity index (χ0) is 8.27. The number of aromatic carboxylic acids is 1. The molecule has 0 radical (unpaired) electrons. The monoisotopic (exact) mass is 187 g/mol. The van der Waals surface area contributed by atoms with Gasteiger partial charge in [0.25, 0.3) is 0 Å². The molecular weight excluding hydrogens is 178 g/mol. The Labute approximate surface area is 76.9 Å². The summed E-state index contributed by atoms with van der Waals surface area (Å²) in [6.07, 6.45) is 2.47. The minimum absolute atomic E-state index is 0. The zero-order valence-corrected chi connectivity index (χ0v) is 7.47. The van der Waals surface area contributed by atoms with Crippen molar-refractivity contribution < 1.29 is 9.90 Å². The molecule has 0 aliphatic heterocycles. The Morgan fingerprint density at radius 1 is 1.58 bits per heavy atom. The van der Waals surface area contributed by atoms with Gasteiger partial charge < -0.3 is 5.11 Å². The lowest BCUT2D eigenvalue weighted by atomic mass is 10.2. The second-order valence-electron chi connectivity index (χ2n) is 2.21. The molecule has 66 valence electrons. The van der Waals surface area contributed by atoms with E-state index < -0.39 is 5.97 Å². The fraction of sp³-hybridized carbons (Fsp3) is 0.250. The highest BCUT2D eigenvalue weighted by Gasteiger charge is 2.01. The zero-order valence-electron chi connectivity index (χ0n) is 6.65. The highest BCUT2D eigenvalue weighted by molar-refractivity contribution is 5.85. The van der Waals surface area contributed by atoms with Crippen LogP contribution < -0.4 is 0 Å². The van der Waals surface area contributed by atoms with Gasteiger partial charge in [0, 0.05) is 6.20 Å². The smallest absolute Gasteiger partial charge is 0.354 e. The molecule has 0 aromatic carbocycles. The van der Waals surface area contributed by atoms with E-state index in [0.29, 0.717) is 0 Å². The number of carbonyl (C=O) groups is 1. The summed E-state index contributed by atoms with van der Waals surface area (Å²) in [6.45, 7) is 2.00. The SMILES string of the molecule is CCc1ccc(C(=O)O)nc1.Cl. The summed E-state index contributed by atoms with van der Waals surface area (Å²) in [5.74, 6) is -0.979. The summed E-state index contributed by atoms with van der Waals surface area (Å²) in [4.78, 5) is 14.1. The van der Waals surface area contributed by atoms with E-state index in [1.807, 2.05) is 6.92 Å². The molecule has 0 aliphatic rings. The van der Waals surface area contributed by atoms with Gasteiger partial charge in [-0.05, 0) is 18.1 Å². The average Bonchev–Trinajstić information content (AvgIpc) is 2.05. The van der Waals surface area contributed by atoms with Crippen molar-refractivity contribution in [3.8, 4) is 0 Å². The third-order valence-corrected chi connectivity index (χ3v) is 1.45. The molecule has 1 aromatic heterocycles. The van der Waals surface area contributed by atoms with Gasteiger partial charge in [-0.2, -0.15) is 0 Å². The molecular formula is C8H10ClNO2. The predicted octanol–water partition coefficient (Wildman–Crippen LogP) is 1.76. The first-order chi connectivity index (χ1) is 5.24. The molecule has 0 atom stereocenters. The van der Waals surface area contributed by atoms with E-state index in [2.05, 4.69) is 4.98 Å². The predicted molar refractivity (Wildman–Crippen MR) is 47.8 cm³/mol. The molecule has 0 amide bonds. The third kappa shape index (κ3) is 2.51. The molecule has 0 saturated carbocycles. The molecule has 0 saturated heterocycles. The molecule has 4 heteroatoms. The number of rotatable bonds is 2. The van der Waals surface area contributed by atoms with Crippen LogP contribution in [0.5, 0.6) is 0 Å². The fourth-order valence-electron chi connectivity index (χ4n) is 0.760. The second kappa shape index (κ2) is 4.72. The largest absolute Gasteiger partial charge is 0.477 e. The van der Waals surface area contributed by atoms with Crippen molar-refractivity contribution in [2.45, 2.75) is 13.3 Å². The molecule has 0 bridgehead atoms. The molecule has 3 nitrogen and oxygen atoms in total. The van der Waals surface area contributed by atoms with Gasteiger partial charge >= 0.3 is 5.97 Å². The van der Waals surface area contributed by atoms with E-state index in [1.54, 1.807) is 12.3 Å². The Balaban J connectivity index is 0.00000121. The summed E-state index contributed by atoms with van der Waals surface area (Å²) in [7, 11) is 0. The van der Waals surface area contributed by atoms with Crippen LogP contribution in [-0.2, 0) is 6.42 Å².